The van der Waals surface area contributed by atoms with Crippen molar-refractivity contribution in [1.29, 1.82) is 0 Å². The minimum Gasteiger partial charge on any atom is -0.468 e. The van der Waals surface area contributed by atoms with Crippen molar-refractivity contribution in [2.24, 2.45) is 5.73 Å². The quantitative estimate of drug-likeness (QED) is 0.825. The lowest BCUT2D eigenvalue weighted by Gasteiger charge is -2.05. The summed E-state index contributed by atoms with van der Waals surface area (Å²) in [6, 6.07) is 9.79. The van der Waals surface area contributed by atoms with E-state index in [0.29, 0.717) is 11.3 Å². The number of nitrogens with two attached hydrogens (primary N) is 1. The fourth-order valence-electron chi connectivity index (χ4n) is 1.56. The molecule has 20 heavy (non-hydrogen) atoms. The van der Waals surface area contributed by atoms with Crippen molar-refractivity contribution in [3.8, 4) is 11.8 Å². The fourth-order valence-corrected chi connectivity index (χ4v) is 2.60. The van der Waals surface area contributed by atoms with E-state index in [1.165, 1.54) is 18.4 Å². The van der Waals surface area contributed by atoms with Crippen LogP contribution in [-0.4, -0.2) is 15.0 Å². The third-order valence-corrected chi connectivity index (χ3v) is 3.89. The predicted molar refractivity (Wildman–Crippen MR) is 75.1 cm³/mol. The van der Waals surface area contributed by atoms with Crippen LogP contribution in [0.4, 0.5) is 0 Å². The summed E-state index contributed by atoms with van der Waals surface area (Å²) in [6.07, 6.45) is 1.49. The predicted octanol–water partition coefficient (Wildman–Crippen LogP) is 1.07. The summed E-state index contributed by atoms with van der Waals surface area (Å²) in [5.74, 6) is 6.03. The molecule has 1 heterocycles. The van der Waals surface area contributed by atoms with Gasteiger partial charge in [-0.15, -0.1) is 0 Å². The third kappa shape index (κ3) is 3.71. The number of hydrogen-bond acceptors (Lipinski definition) is 4. The van der Waals surface area contributed by atoms with E-state index in [1.54, 1.807) is 24.3 Å². The molecule has 1 aromatic carbocycles. The van der Waals surface area contributed by atoms with Crippen LogP contribution in [0.1, 0.15) is 11.3 Å². The van der Waals surface area contributed by atoms with Crippen molar-refractivity contribution in [1.82, 2.24) is 4.72 Å². The largest absolute Gasteiger partial charge is 0.468 e. The van der Waals surface area contributed by atoms with Crippen LogP contribution in [0.3, 0.4) is 0 Å². The van der Waals surface area contributed by atoms with Gasteiger partial charge in [-0.05, 0) is 30.3 Å². The second-order valence-electron chi connectivity index (χ2n) is 3.94. The molecule has 1 aromatic heterocycles. The smallest absolute Gasteiger partial charge is 0.241 e. The lowest BCUT2D eigenvalue weighted by Crippen LogP contribution is -2.23. The highest BCUT2D eigenvalue weighted by molar-refractivity contribution is 7.89. The first-order chi connectivity index (χ1) is 9.62. The van der Waals surface area contributed by atoms with Crippen LogP contribution in [0.2, 0.25) is 0 Å². The summed E-state index contributed by atoms with van der Waals surface area (Å²) in [5, 5.41) is 0. The lowest BCUT2D eigenvalue weighted by atomic mass is 10.2. The maximum atomic E-state index is 12.1. The van der Waals surface area contributed by atoms with Gasteiger partial charge >= 0.3 is 0 Å². The zero-order chi connectivity index (χ0) is 14.4. The molecule has 0 atom stereocenters. The van der Waals surface area contributed by atoms with E-state index >= 15 is 0 Å². The number of benzene rings is 1. The van der Waals surface area contributed by atoms with Crippen molar-refractivity contribution in [3.05, 3.63) is 54.0 Å². The molecule has 3 N–H and O–H groups in total. The number of sulfonamides is 1. The fraction of sp³-hybridized carbons (Fsp3) is 0.143. The van der Waals surface area contributed by atoms with Gasteiger partial charge in [-0.25, -0.2) is 13.1 Å². The van der Waals surface area contributed by atoms with Crippen LogP contribution in [-0.2, 0) is 16.6 Å². The molecule has 0 saturated heterocycles. The average Bonchev–Trinajstić information content (AvgIpc) is 2.97. The summed E-state index contributed by atoms with van der Waals surface area (Å²) < 4.78 is 31.8. The Morgan fingerprint density at radius 1 is 1.25 bits per heavy atom. The molecule has 0 bridgehead atoms. The first-order valence-electron chi connectivity index (χ1n) is 5.93. The van der Waals surface area contributed by atoms with Gasteiger partial charge in [-0.1, -0.05) is 17.9 Å². The molecular formula is C14H14N2O3S. The molecule has 0 aliphatic heterocycles. The van der Waals surface area contributed by atoms with Gasteiger partial charge in [0, 0.05) is 5.56 Å². The molecule has 0 aliphatic rings. The van der Waals surface area contributed by atoms with Gasteiger partial charge in [-0.2, -0.15) is 0 Å². The normalized spacial score (nSPS) is 10.8. The summed E-state index contributed by atoms with van der Waals surface area (Å²) in [5.41, 5.74) is 5.90. The maximum absolute atomic E-state index is 12.1. The molecule has 0 amide bonds. The summed E-state index contributed by atoms with van der Waals surface area (Å²) >= 11 is 0. The van der Waals surface area contributed by atoms with Gasteiger partial charge in [0.2, 0.25) is 10.0 Å². The van der Waals surface area contributed by atoms with Gasteiger partial charge in [0.1, 0.15) is 5.76 Å². The molecular weight excluding hydrogens is 276 g/mol. The van der Waals surface area contributed by atoms with E-state index in [0.717, 1.165) is 0 Å². The van der Waals surface area contributed by atoms with Gasteiger partial charge < -0.3 is 10.2 Å². The van der Waals surface area contributed by atoms with Crippen LogP contribution in [0, 0.1) is 11.8 Å². The summed E-state index contributed by atoms with van der Waals surface area (Å²) in [6.45, 7) is 0.335. The van der Waals surface area contributed by atoms with Crippen LogP contribution in [0.5, 0.6) is 0 Å². The first kappa shape index (κ1) is 14.3. The molecule has 0 radical (unpaired) electrons. The highest BCUT2D eigenvalue weighted by Gasteiger charge is 2.14. The van der Waals surface area contributed by atoms with Crippen molar-refractivity contribution in [3.63, 3.8) is 0 Å². The molecule has 5 nitrogen and oxygen atoms in total. The van der Waals surface area contributed by atoms with Gasteiger partial charge in [0.15, 0.2) is 0 Å². The Hall–Kier alpha value is -2.07. The highest BCUT2D eigenvalue weighted by atomic mass is 32.2. The Bertz CT molecular complexity index is 725. The summed E-state index contributed by atoms with van der Waals surface area (Å²) in [4.78, 5) is 0.160. The van der Waals surface area contributed by atoms with Crippen molar-refractivity contribution < 1.29 is 12.8 Å². The Kier molecular flexibility index (Phi) is 4.58. The van der Waals surface area contributed by atoms with Gasteiger partial charge in [0.05, 0.1) is 24.2 Å². The standard InChI is InChI=1S/C14H14N2O3S/c15-8-2-5-12-4-1-7-14(10-12)20(17,18)16-11-13-6-3-9-19-13/h1,3-4,6-7,9-10,16H,8,11,15H2. The zero-order valence-corrected chi connectivity index (χ0v) is 11.5. The number of rotatable bonds is 4. The molecule has 0 aliphatic carbocycles. The van der Waals surface area contributed by atoms with Crippen LogP contribution in [0.25, 0.3) is 0 Å². The van der Waals surface area contributed by atoms with Gasteiger partial charge in [0.25, 0.3) is 0 Å². The second-order valence-corrected chi connectivity index (χ2v) is 5.70. The van der Waals surface area contributed by atoms with Crippen molar-refractivity contribution in [2.75, 3.05) is 6.54 Å². The monoisotopic (exact) mass is 290 g/mol. The van der Waals surface area contributed by atoms with E-state index in [9.17, 15) is 8.42 Å². The third-order valence-electron chi connectivity index (χ3n) is 2.50. The molecule has 6 heteroatoms. The summed E-state index contributed by atoms with van der Waals surface area (Å²) in [7, 11) is -3.59. The van der Waals surface area contributed by atoms with Gasteiger partial charge in [-0.3, -0.25) is 0 Å². The molecule has 0 fully saturated rings. The molecule has 104 valence electrons. The molecule has 2 aromatic rings. The van der Waals surface area contributed by atoms with Crippen molar-refractivity contribution >= 4 is 10.0 Å². The topological polar surface area (TPSA) is 85.3 Å². The van der Waals surface area contributed by atoms with E-state index in [-0.39, 0.29) is 18.0 Å². The number of furan rings is 1. The molecule has 2 rings (SSSR count). The van der Waals surface area contributed by atoms with E-state index in [1.807, 2.05) is 0 Å². The number of nitrogens with one attached hydrogen (secondary N) is 1. The zero-order valence-electron chi connectivity index (χ0n) is 10.7. The molecule has 0 spiro atoms. The Balaban J connectivity index is 2.16. The van der Waals surface area contributed by atoms with Crippen LogP contribution in [0.15, 0.2) is 52.0 Å². The maximum Gasteiger partial charge on any atom is 0.241 e. The second kappa shape index (κ2) is 6.39. The first-order valence-corrected chi connectivity index (χ1v) is 7.41. The number of hydrogen-bond donors (Lipinski definition) is 2. The SMILES string of the molecule is NCC#Cc1cccc(S(=O)(=O)NCc2ccco2)c1. The van der Waals surface area contributed by atoms with E-state index in [4.69, 9.17) is 10.2 Å². The average molecular weight is 290 g/mol. The Morgan fingerprint density at radius 2 is 2.10 bits per heavy atom. The van der Waals surface area contributed by atoms with Crippen LogP contribution < -0.4 is 10.5 Å². The highest BCUT2D eigenvalue weighted by Crippen LogP contribution is 2.11. The Labute approximate surface area is 117 Å². The molecule has 0 saturated carbocycles. The van der Waals surface area contributed by atoms with Crippen LogP contribution >= 0.6 is 0 Å². The lowest BCUT2D eigenvalue weighted by molar-refractivity contribution is 0.498. The van der Waals surface area contributed by atoms with E-state index in [2.05, 4.69) is 16.6 Å². The van der Waals surface area contributed by atoms with E-state index < -0.39 is 10.0 Å². The Morgan fingerprint density at radius 3 is 2.80 bits per heavy atom. The minimum atomic E-state index is -3.59. The minimum absolute atomic E-state index is 0.105. The molecule has 0 unspecified atom stereocenters. The van der Waals surface area contributed by atoms with Crippen molar-refractivity contribution in [2.45, 2.75) is 11.4 Å².